The molecule has 1 N–H and O–H groups in total. The highest BCUT2D eigenvalue weighted by molar-refractivity contribution is 7.92. The topological polar surface area (TPSA) is 92.3 Å². The van der Waals surface area contributed by atoms with Crippen LogP contribution in [0.4, 0.5) is 11.4 Å². The van der Waals surface area contributed by atoms with Crippen molar-refractivity contribution in [2.45, 2.75) is 19.8 Å². The molecule has 0 bridgehead atoms. The minimum atomic E-state index is -3.29. The normalized spacial score (nSPS) is 15.3. The van der Waals surface area contributed by atoms with Crippen LogP contribution in [0, 0.1) is 6.92 Å². The lowest BCUT2D eigenvalue weighted by Gasteiger charge is -2.28. The first kappa shape index (κ1) is 22.0. The van der Waals surface area contributed by atoms with Gasteiger partial charge in [-0.3, -0.25) is 19.1 Å². The maximum absolute atomic E-state index is 12.9. The van der Waals surface area contributed by atoms with E-state index in [4.69, 9.17) is 0 Å². The summed E-state index contributed by atoms with van der Waals surface area (Å²) in [4.78, 5) is 21.9. The van der Waals surface area contributed by atoms with Gasteiger partial charge in [0.1, 0.15) is 0 Å². The summed E-state index contributed by atoms with van der Waals surface area (Å²) in [5.41, 5.74) is 5.31. The van der Waals surface area contributed by atoms with Gasteiger partial charge < -0.3 is 5.32 Å². The molecule has 1 amide bonds. The van der Waals surface area contributed by atoms with Gasteiger partial charge in [-0.2, -0.15) is 0 Å². The molecule has 8 heteroatoms. The molecule has 1 fully saturated rings. The number of nitrogens with zero attached hydrogens (tertiary/aromatic N) is 3. The average Bonchev–Trinajstić information content (AvgIpc) is 2.85. The third-order valence-corrected chi connectivity index (χ3v) is 7.92. The van der Waals surface area contributed by atoms with Crippen molar-refractivity contribution < 1.29 is 13.2 Å². The number of anilines is 2. The Morgan fingerprint density at radius 3 is 2.59 bits per heavy atom. The van der Waals surface area contributed by atoms with E-state index in [0.29, 0.717) is 29.9 Å². The summed E-state index contributed by atoms with van der Waals surface area (Å²) in [6.07, 6.45) is 5.00. The molecule has 0 atom stereocenters. The zero-order valence-corrected chi connectivity index (χ0v) is 19.5. The SMILES string of the molecule is Cc1ccc(NC(=O)c2ccc(N3CCCCS3(=O)=O)cc2)cc1-c1nccc2ncccc12. The Labute approximate surface area is 198 Å². The smallest absolute Gasteiger partial charge is 0.255 e. The van der Waals surface area contributed by atoms with Gasteiger partial charge in [0.05, 0.1) is 22.7 Å². The molecule has 172 valence electrons. The second kappa shape index (κ2) is 8.87. The number of hydrogen-bond acceptors (Lipinski definition) is 5. The number of rotatable bonds is 4. The number of hydrogen-bond donors (Lipinski definition) is 1. The van der Waals surface area contributed by atoms with Gasteiger partial charge in [-0.1, -0.05) is 6.07 Å². The number of amides is 1. The molecule has 0 unspecified atom stereocenters. The lowest BCUT2D eigenvalue weighted by atomic mass is 10.0. The zero-order chi connectivity index (χ0) is 23.7. The van der Waals surface area contributed by atoms with Gasteiger partial charge >= 0.3 is 0 Å². The number of carbonyl (C=O) groups excluding carboxylic acids is 1. The number of nitrogens with one attached hydrogen (secondary N) is 1. The molecule has 2 aromatic carbocycles. The fraction of sp³-hybridized carbons (Fsp3) is 0.192. The first-order valence-corrected chi connectivity index (χ1v) is 12.8. The van der Waals surface area contributed by atoms with Crippen molar-refractivity contribution in [3.63, 3.8) is 0 Å². The summed E-state index contributed by atoms with van der Waals surface area (Å²) in [5, 5.41) is 3.89. The van der Waals surface area contributed by atoms with Crippen molar-refractivity contribution >= 4 is 38.2 Å². The Balaban J connectivity index is 1.39. The summed E-state index contributed by atoms with van der Waals surface area (Å²) in [6, 6.07) is 18.1. The standard InChI is InChI=1S/C26H24N4O3S/c1-18-6-9-20(17-23(18)25-22-5-4-13-27-24(22)12-14-28-25)29-26(31)19-7-10-21(11-8-19)30-15-2-3-16-34(30,32)33/h4-14,17H,2-3,15-16H2,1H3,(H,29,31). The fourth-order valence-corrected chi connectivity index (χ4v) is 5.87. The van der Waals surface area contributed by atoms with Gasteiger partial charge in [0, 0.05) is 41.1 Å². The van der Waals surface area contributed by atoms with Crippen LogP contribution in [0.3, 0.4) is 0 Å². The average molecular weight is 473 g/mol. The maximum Gasteiger partial charge on any atom is 0.255 e. The van der Waals surface area contributed by atoms with Crippen LogP contribution in [0.25, 0.3) is 22.2 Å². The van der Waals surface area contributed by atoms with E-state index in [0.717, 1.165) is 34.1 Å². The van der Waals surface area contributed by atoms with Crippen LogP contribution in [0.15, 0.2) is 73.1 Å². The monoisotopic (exact) mass is 472 g/mol. The summed E-state index contributed by atoms with van der Waals surface area (Å²) in [7, 11) is -3.29. The molecule has 34 heavy (non-hydrogen) atoms. The van der Waals surface area contributed by atoms with Crippen LogP contribution in [0.5, 0.6) is 0 Å². The number of aryl methyl sites for hydroxylation is 1. The fourth-order valence-electron chi connectivity index (χ4n) is 4.23. The molecule has 1 aliphatic rings. The Morgan fingerprint density at radius 1 is 0.971 bits per heavy atom. The van der Waals surface area contributed by atoms with Crippen LogP contribution in [0.1, 0.15) is 28.8 Å². The van der Waals surface area contributed by atoms with Crippen molar-refractivity contribution in [2.24, 2.45) is 0 Å². The number of fused-ring (bicyclic) bond motifs is 1. The van der Waals surface area contributed by atoms with Gasteiger partial charge in [0.25, 0.3) is 5.91 Å². The number of benzene rings is 2. The van der Waals surface area contributed by atoms with Gasteiger partial charge in [0.15, 0.2) is 0 Å². The molecule has 3 heterocycles. The molecule has 7 nitrogen and oxygen atoms in total. The van der Waals surface area contributed by atoms with Crippen LogP contribution in [-0.2, 0) is 10.0 Å². The minimum Gasteiger partial charge on any atom is -0.322 e. The second-order valence-electron chi connectivity index (χ2n) is 8.36. The molecule has 0 spiro atoms. The van der Waals surface area contributed by atoms with Crippen LogP contribution >= 0.6 is 0 Å². The van der Waals surface area contributed by atoms with Crippen molar-refractivity contribution in [1.82, 2.24) is 9.97 Å². The number of carbonyl (C=O) groups is 1. The van der Waals surface area contributed by atoms with Crippen molar-refractivity contribution in [1.29, 1.82) is 0 Å². The van der Waals surface area contributed by atoms with E-state index in [-0.39, 0.29) is 11.7 Å². The Kier molecular flexibility index (Phi) is 5.75. The largest absolute Gasteiger partial charge is 0.322 e. The lowest BCUT2D eigenvalue weighted by Crippen LogP contribution is -2.37. The Bertz CT molecular complexity index is 1480. The Morgan fingerprint density at radius 2 is 1.79 bits per heavy atom. The van der Waals surface area contributed by atoms with Crippen molar-refractivity contribution in [3.05, 3.63) is 84.2 Å². The van der Waals surface area contributed by atoms with Crippen LogP contribution in [-0.4, -0.2) is 36.6 Å². The molecule has 1 aliphatic heterocycles. The minimum absolute atomic E-state index is 0.159. The van der Waals surface area contributed by atoms with E-state index in [1.807, 2.05) is 43.3 Å². The first-order chi connectivity index (χ1) is 16.4. The highest BCUT2D eigenvalue weighted by Crippen LogP contribution is 2.30. The summed E-state index contributed by atoms with van der Waals surface area (Å²) in [5.74, 6) is -0.109. The van der Waals surface area contributed by atoms with Crippen LogP contribution < -0.4 is 9.62 Å². The highest BCUT2D eigenvalue weighted by atomic mass is 32.2. The number of sulfonamides is 1. The molecule has 0 aliphatic carbocycles. The third-order valence-electron chi connectivity index (χ3n) is 6.05. The zero-order valence-electron chi connectivity index (χ0n) is 18.7. The highest BCUT2D eigenvalue weighted by Gasteiger charge is 2.26. The molecule has 1 saturated heterocycles. The second-order valence-corrected chi connectivity index (χ2v) is 10.4. The summed E-state index contributed by atoms with van der Waals surface area (Å²) < 4.78 is 26.1. The Hall–Kier alpha value is -3.78. The molecule has 4 aromatic rings. The van der Waals surface area contributed by atoms with Crippen molar-refractivity contribution in [2.75, 3.05) is 21.9 Å². The summed E-state index contributed by atoms with van der Waals surface area (Å²) in [6.45, 7) is 2.48. The molecular formula is C26H24N4O3S. The predicted molar refractivity (Wildman–Crippen MR) is 134 cm³/mol. The van der Waals surface area contributed by atoms with Gasteiger partial charge in [-0.05, 0) is 79.9 Å². The van der Waals surface area contributed by atoms with Gasteiger partial charge in [-0.15, -0.1) is 0 Å². The van der Waals surface area contributed by atoms with E-state index < -0.39 is 10.0 Å². The number of pyridine rings is 2. The molecule has 2 aromatic heterocycles. The number of aromatic nitrogens is 2. The molecule has 0 radical (unpaired) electrons. The molecule has 0 saturated carbocycles. The molecule has 5 rings (SSSR count). The van der Waals surface area contributed by atoms with Gasteiger partial charge in [-0.25, -0.2) is 8.42 Å². The quantitative estimate of drug-likeness (QED) is 0.461. The van der Waals surface area contributed by atoms with E-state index >= 15 is 0 Å². The van der Waals surface area contributed by atoms with E-state index in [1.165, 1.54) is 4.31 Å². The third kappa shape index (κ3) is 4.24. The summed E-state index contributed by atoms with van der Waals surface area (Å²) >= 11 is 0. The predicted octanol–water partition coefficient (Wildman–Crippen LogP) is 4.79. The first-order valence-electron chi connectivity index (χ1n) is 11.1. The van der Waals surface area contributed by atoms with Crippen LogP contribution in [0.2, 0.25) is 0 Å². The maximum atomic E-state index is 12.9. The van der Waals surface area contributed by atoms with Crippen molar-refractivity contribution in [3.8, 4) is 11.3 Å². The molecular weight excluding hydrogens is 448 g/mol. The van der Waals surface area contributed by atoms with Gasteiger partial charge in [0.2, 0.25) is 10.0 Å². The van der Waals surface area contributed by atoms with E-state index in [2.05, 4.69) is 15.3 Å². The van der Waals surface area contributed by atoms with E-state index in [1.54, 1.807) is 36.7 Å². The van der Waals surface area contributed by atoms with E-state index in [9.17, 15) is 13.2 Å². The lowest BCUT2D eigenvalue weighted by molar-refractivity contribution is 0.102.